The zero-order valence-corrected chi connectivity index (χ0v) is 20.4. The lowest BCUT2D eigenvalue weighted by Crippen LogP contribution is -2.42. The largest absolute Gasteiger partial charge is 0.489 e. The zero-order chi connectivity index (χ0) is 23.8. The van der Waals surface area contributed by atoms with Crippen molar-refractivity contribution in [3.8, 4) is 18.1 Å². The van der Waals surface area contributed by atoms with Gasteiger partial charge in [-0.2, -0.15) is 4.31 Å². The molecule has 0 aromatic heterocycles. The topological polar surface area (TPSA) is 88.2 Å². The van der Waals surface area contributed by atoms with Gasteiger partial charge in [0, 0.05) is 19.1 Å². The molecule has 0 bridgehead atoms. The van der Waals surface area contributed by atoms with E-state index in [4.69, 9.17) is 15.9 Å². The zero-order valence-electron chi connectivity index (χ0n) is 19.6. The summed E-state index contributed by atoms with van der Waals surface area (Å²) in [5.41, 5.74) is 0.340. The summed E-state index contributed by atoms with van der Waals surface area (Å²) >= 11 is 0. The number of morpholine rings is 1. The first kappa shape index (κ1) is 25.5. The SMILES string of the molecule is C#CCN(CC(=O)Nc1cc(S(=O)(=O)N2CCOCC2)ccc1OC(C)C)C1CCCCC1. The summed E-state index contributed by atoms with van der Waals surface area (Å²) in [6, 6.07) is 4.89. The fourth-order valence-corrected chi connectivity index (χ4v) is 5.75. The molecule has 182 valence electrons. The standard InChI is InChI=1S/C24H35N3O5S/c1-4-12-26(20-8-6-5-7-9-20)18-24(28)25-22-17-21(10-11-23(22)32-19(2)3)33(29,30)27-13-15-31-16-14-27/h1,10-11,17,19-20H,5-9,12-16,18H2,2-3H3,(H,25,28). The van der Waals surface area contributed by atoms with Crippen molar-refractivity contribution in [1.29, 1.82) is 0 Å². The van der Waals surface area contributed by atoms with Crippen molar-refractivity contribution < 1.29 is 22.7 Å². The van der Waals surface area contributed by atoms with E-state index < -0.39 is 10.0 Å². The minimum Gasteiger partial charge on any atom is -0.489 e. The average molecular weight is 478 g/mol. The maximum atomic E-state index is 13.1. The number of ether oxygens (including phenoxy) is 2. The number of carbonyl (C=O) groups is 1. The van der Waals surface area contributed by atoms with Crippen LogP contribution in [0.4, 0.5) is 5.69 Å². The first-order chi connectivity index (χ1) is 15.8. The summed E-state index contributed by atoms with van der Waals surface area (Å²) < 4.78 is 38.7. The number of hydrogen-bond donors (Lipinski definition) is 1. The average Bonchev–Trinajstić information content (AvgIpc) is 2.80. The Morgan fingerprint density at radius 2 is 1.97 bits per heavy atom. The van der Waals surface area contributed by atoms with Crippen LogP contribution in [-0.2, 0) is 19.6 Å². The summed E-state index contributed by atoms with van der Waals surface area (Å²) in [7, 11) is -3.70. The molecule has 0 radical (unpaired) electrons. The van der Waals surface area contributed by atoms with Crippen LogP contribution in [0.15, 0.2) is 23.1 Å². The van der Waals surface area contributed by atoms with Crippen molar-refractivity contribution in [3.63, 3.8) is 0 Å². The van der Waals surface area contributed by atoms with Gasteiger partial charge in [-0.25, -0.2) is 8.42 Å². The minimum atomic E-state index is -3.70. The number of carbonyl (C=O) groups excluding carboxylic acids is 1. The molecular formula is C24H35N3O5S. The van der Waals surface area contributed by atoms with Crippen molar-refractivity contribution in [3.05, 3.63) is 18.2 Å². The molecule has 1 aliphatic heterocycles. The molecule has 3 rings (SSSR count). The van der Waals surface area contributed by atoms with Gasteiger partial charge in [-0.15, -0.1) is 6.42 Å². The third-order valence-electron chi connectivity index (χ3n) is 5.93. The summed E-state index contributed by atoms with van der Waals surface area (Å²) in [6.07, 6.45) is 11.0. The molecule has 8 nitrogen and oxygen atoms in total. The van der Waals surface area contributed by atoms with E-state index in [9.17, 15) is 13.2 Å². The number of benzene rings is 1. The molecule has 9 heteroatoms. The lowest BCUT2D eigenvalue weighted by atomic mass is 9.94. The maximum Gasteiger partial charge on any atom is 0.243 e. The second-order valence-electron chi connectivity index (χ2n) is 8.79. The van der Waals surface area contributed by atoms with Crippen LogP contribution in [0.1, 0.15) is 46.0 Å². The van der Waals surface area contributed by atoms with E-state index >= 15 is 0 Å². The number of terminal acetylenes is 1. The van der Waals surface area contributed by atoms with Gasteiger partial charge >= 0.3 is 0 Å². The van der Waals surface area contributed by atoms with E-state index in [1.54, 1.807) is 6.07 Å². The third kappa shape index (κ3) is 6.93. The number of nitrogens with zero attached hydrogens (tertiary/aromatic N) is 2. The molecule has 0 spiro atoms. The second-order valence-corrected chi connectivity index (χ2v) is 10.7. The third-order valence-corrected chi connectivity index (χ3v) is 7.82. The predicted molar refractivity (Wildman–Crippen MR) is 128 cm³/mol. The van der Waals surface area contributed by atoms with Gasteiger partial charge in [0.2, 0.25) is 15.9 Å². The Hall–Kier alpha value is -2.12. The van der Waals surface area contributed by atoms with Gasteiger partial charge in [0.25, 0.3) is 0 Å². The van der Waals surface area contributed by atoms with Crippen LogP contribution >= 0.6 is 0 Å². The molecule has 0 atom stereocenters. The molecule has 1 aliphatic carbocycles. The van der Waals surface area contributed by atoms with Crippen molar-refractivity contribution >= 4 is 21.6 Å². The molecule has 2 fully saturated rings. The van der Waals surface area contributed by atoms with Gasteiger partial charge in [0.15, 0.2) is 0 Å². The molecule has 1 amide bonds. The van der Waals surface area contributed by atoms with Crippen molar-refractivity contribution in [1.82, 2.24) is 9.21 Å². The molecule has 33 heavy (non-hydrogen) atoms. The van der Waals surface area contributed by atoms with Crippen LogP contribution in [0, 0.1) is 12.3 Å². The van der Waals surface area contributed by atoms with E-state index in [2.05, 4.69) is 11.2 Å². The maximum absolute atomic E-state index is 13.1. The van der Waals surface area contributed by atoms with Crippen molar-refractivity contribution in [2.45, 2.75) is 63.0 Å². The van der Waals surface area contributed by atoms with Crippen LogP contribution in [0.2, 0.25) is 0 Å². The number of nitrogens with one attached hydrogen (secondary N) is 1. The summed E-state index contributed by atoms with van der Waals surface area (Å²) in [4.78, 5) is 15.1. The van der Waals surface area contributed by atoms with Gasteiger partial charge < -0.3 is 14.8 Å². The first-order valence-electron chi connectivity index (χ1n) is 11.7. The van der Waals surface area contributed by atoms with Crippen LogP contribution in [0.5, 0.6) is 5.75 Å². The summed E-state index contributed by atoms with van der Waals surface area (Å²) in [5.74, 6) is 2.85. The Balaban J connectivity index is 1.80. The van der Waals surface area contributed by atoms with E-state index in [1.165, 1.54) is 22.9 Å². The number of rotatable bonds is 9. The first-order valence-corrected chi connectivity index (χ1v) is 13.1. The van der Waals surface area contributed by atoms with Crippen molar-refractivity contribution in [2.24, 2.45) is 0 Å². The molecule has 1 saturated heterocycles. The van der Waals surface area contributed by atoms with Gasteiger partial charge in [-0.05, 0) is 44.9 Å². The summed E-state index contributed by atoms with van der Waals surface area (Å²) in [5, 5.41) is 2.88. The Morgan fingerprint density at radius 1 is 1.27 bits per heavy atom. The Morgan fingerprint density at radius 3 is 2.61 bits per heavy atom. The van der Waals surface area contributed by atoms with Gasteiger partial charge in [0.1, 0.15) is 5.75 Å². The lowest BCUT2D eigenvalue weighted by Gasteiger charge is -2.32. The highest BCUT2D eigenvalue weighted by Gasteiger charge is 2.28. The van der Waals surface area contributed by atoms with Gasteiger partial charge in [-0.1, -0.05) is 25.2 Å². The molecule has 1 N–H and O–H groups in total. The smallest absolute Gasteiger partial charge is 0.243 e. The van der Waals surface area contributed by atoms with Crippen LogP contribution in [-0.4, -0.2) is 75.1 Å². The lowest BCUT2D eigenvalue weighted by molar-refractivity contribution is -0.117. The number of sulfonamides is 1. The van der Waals surface area contributed by atoms with Crippen LogP contribution in [0.25, 0.3) is 0 Å². The molecule has 2 aliphatic rings. The fraction of sp³-hybridized carbons (Fsp3) is 0.625. The van der Waals surface area contributed by atoms with Crippen LogP contribution in [0.3, 0.4) is 0 Å². The molecule has 1 aromatic carbocycles. The molecule has 1 aromatic rings. The Bertz CT molecular complexity index is 945. The highest BCUT2D eigenvalue weighted by atomic mass is 32.2. The molecule has 1 saturated carbocycles. The second kappa shape index (κ2) is 11.8. The van der Waals surface area contributed by atoms with E-state index in [-0.39, 0.29) is 23.5 Å². The van der Waals surface area contributed by atoms with Crippen molar-refractivity contribution in [2.75, 3.05) is 44.7 Å². The predicted octanol–water partition coefficient (Wildman–Crippen LogP) is 2.70. The number of anilines is 1. The number of amides is 1. The molecule has 0 unspecified atom stereocenters. The Labute approximate surface area is 197 Å². The van der Waals surface area contributed by atoms with E-state index in [0.29, 0.717) is 50.3 Å². The minimum absolute atomic E-state index is 0.114. The quantitative estimate of drug-likeness (QED) is 0.550. The monoisotopic (exact) mass is 477 g/mol. The molecular weight excluding hydrogens is 442 g/mol. The highest BCUT2D eigenvalue weighted by molar-refractivity contribution is 7.89. The number of hydrogen-bond acceptors (Lipinski definition) is 6. The van der Waals surface area contributed by atoms with E-state index in [1.807, 2.05) is 18.7 Å². The summed E-state index contributed by atoms with van der Waals surface area (Å²) in [6.45, 7) is 5.64. The van der Waals surface area contributed by atoms with E-state index in [0.717, 1.165) is 25.7 Å². The fourth-order valence-electron chi connectivity index (χ4n) is 4.31. The van der Waals surface area contributed by atoms with Crippen LogP contribution < -0.4 is 10.1 Å². The molecule has 1 heterocycles. The highest BCUT2D eigenvalue weighted by Crippen LogP contribution is 2.30. The normalized spacial score (nSPS) is 18.3. The van der Waals surface area contributed by atoms with Gasteiger partial charge in [0.05, 0.1) is 43.0 Å². The van der Waals surface area contributed by atoms with Gasteiger partial charge in [-0.3, -0.25) is 9.69 Å². The Kier molecular flexibility index (Phi) is 9.15.